The van der Waals surface area contributed by atoms with Gasteiger partial charge in [-0.2, -0.15) is 0 Å². The minimum Gasteiger partial charge on any atom is -0.330 e. The molecule has 2 bridgehead atoms. The van der Waals surface area contributed by atoms with Crippen LogP contribution in [-0.4, -0.2) is 38.4 Å². The minimum absolute atomic E-state index is 0.0783. The summed E-state index contributed by atoms with van der Waals surface area (Å²) in [7, 11) is 0. The van der Waals surface area contributed by atoms with Crippen LogP contribution in [0.4, 0.5) is 8.78 Å². The lowest BCUT2D eigenvalue weighted by molar-refractivity contribution is 0.0753. The van der Waals surface area contributed by atoms with Gasteiger partial charge in [-0.05, 0) is 104 Å². The lowest BCUT2D eigenvalue weighted by Gasteiger charge is -2.45. The molecule has 160 valence electrons. The van der Waals surface area contributed by atoms with Crippen LogP contribution in [0.5, 0.6) is 0 Å². The Morgan fingerprint density at radius 2 is 2.07 bits per heavy atom. The first-order valence-corrected chi connectivity index (χ1v) is 12.0. The SMILES string of the molecule is NCC1(Cc2ccc(Br)cc2F)C(CN[C@H]2CCNC[C@H]2F)C2CCC1C21CC1. The topological polar surface area (TPSA) is 50.1 Å². The first-order chi connectivity index (χ1) is 14.0. The van der Waals surface area contributed by atoms with Gasteiger partial charge in [0.1, 0.15) is 12.0 Å². The molecule has 1 aliphatic heterocycles. The number of rotatable bonds is 6. The second kappa shape index (κ2) is 7.54. The van der Waals surface area contributed by atoms with Crippen LogP contribution in [0.2, 0.25) is 0 Å². The molecule has 6 atom stereocenters. The molecular formula is C23H32BrF2N3. The van der Waals surface area contributed by atoms with Gasteiger partial charge in [-0.15, -0.1) is 0 Å². The van der Waals surface area contributed by atoms with E-state index in [0.29, 0.717) is 42.7 Å². The van der Waals surface area contributed by atoms with Crippen LogP contribution in [0.3, 0.4) is 0 Å². The van der Waals surface area contributed by atoms with E-state index in [1.54, 1.807) is 6.07 Å². The summed E-state index contributed by atoms with van der Waals surface area (Å²) in [6.45, 7) is 2.70. The zero-order valence-electron chi connectivity index (χ0n) is 16.9. The number of alkyl halides is 1. The Kier molecular flexibility index (Phi) is 5.29. The Morgan fingerprint density at radius 1 is 1.24 bits per heavy atom. The molecule has 0 radical (unpaired) electrons. The van der Waals surface area contributed by atoms with Gasteiger partial charge in [-0.1, -0.05) is 22.0 Å². The number of benzene rings is 1. The Bertz CT molecular complexity index is 770. The van der Waals surface area contributed by atoms with Crippen molar-refractivity contribution in [1.29, 1.82) is 0 Å². The van der Waals surface area contributed by atoms with Crippen molar-refractivity contribution in [2.24, 2.45) is 34.3 Å². The highest BCUT2D eigenvalue weighted by atomic mass is 79.9. The van der Waals surface area contributed by atoms with Crippen molar-refractivity contribution in [2.45, 2.75) is 50.7 Å². The molecule has 6 heteroatoms. The molecule has 1 spiro atoms. The van der Waals surface area contributed by atoms with E-state index in [1.807, 2.05) is 12.1 Å². The van der Waals surface area contributed by atoms with Crippen molar-refractivity contribution in [2.75, 3.05) is 26.2 Å². The minimum atomic E-state index is -0.839. The third-order valence-corrected chi connectivity index (χ3v) is 9.36. The van der Waals surface area contributed by atoms with Gasteiger partial charge in [-0.25, -0.2) is 8.78 Å². The van der Waals surface area contributed by atoms with Crippen LogP contribution in [-0.2, 0) is 6.42 Å². The van der Waals surface area contributed by atoms with Gasteiger partial charge in [0.15, 0.2) is 0 Å². The number of halogens is 3. The van der Waals surface area contributed by atoms with Crippen LogP contribution >= 0.6 is 15.9 Å². The van der Waals surface area contributed by atoms with Gasteiger partial charge in [0.2, 0.25) is 0 Å². The highest BCUT2D eigenvalue weighted by Crippen LogP contribution is 2.78. The summed E-state index contributed by atoms with van der Waals surface area (Å²) in [5, 5.41) is 6.72. The van der Waals surface area contributed by atoms with Crippen molar-refractivity contribution < 1.29 is 8.78 Å². The maximum atomic E-state index is 14.8. The molecule has 3 nitrogen and oxygen atoms in total. The highest BCUT2D eigenvalue weighted by molar-refractivity contribution is 9.10. The second-order valence-corrected chi connectivity index (χ2v) is 10.9. The number of nitrogens with two attached hydrogens (primary N) is 1. The van der Waals surface area contributed by atoms with Gasteiger partial charge >= 0.3 is 0 Å². The maximum Gasteiger partial charge on any atom is 0.128 e. The fourth-order valence-corrected chi connectivity index (χ4v) is 7.81. The van der Waals surface area contributed by atoms with Gasteiger partial charge in [0, 0.05) is 17.1 Å². The van der Waals surface area contributed by atoms with Crippen LogP contribution < -0.4 is 16.4 Å². The summed E-state index contributed by atoms with van der Waals surface area (Å²) in [6, 6.07) is 5.33. The fraction of sp³-hybridized carbons (Fsp3) is 0.739. The van der Waals surface area contributed by atoms with Crippen molar-refractivity contribution >= 4 is 15.9 Å². The number of hydrogen-bond donors (Lipinski definition) is 3. The average Bonchev–Trinajstić information content (AvgIpc) is 3.38. The van der Waals surface area contributed by atoms with Gasteiger partial charge in [-0.3, -0.25) is 0 Å². The van der Waals surface area contributed by atoms with Gasteiger partial charge in [0.25, 0.3) is 0 Å². The molecule has 4 N–H and O–H groups in total. The van der Waals surface area contributed by atoms with Gasteiger partial charge < -0.3 is 16.4 Å². The van der Waals surface area contributed by atoms with Crippen LogP contribution in [0.1, 0.15) is 37.7 Å². The van der Waals surface area contributed by atoms with E-state index in [2.05, 4.69) is 26.6 Å². The molecule has 4 aliphatic rings. The zero-order valence-corrected chi connectivity index (χ0v) is 18.5. The fourth-order valence-electron chi connectivity index (χ4n) is 7.48. The van der Waals surface area contributed by atoms with E-state index in [1.165, 1.54) is 25.7 Å². The first-order valence-electron chi connectivity index (χ1n) is 11.2. The average molecular weight is 468 g/mol. The monoisotopic (exact) mass is 467 g/mol. The second-order valence-electron chi connectivity index (χ2n) is 9.95. The van der Waals surface area contributed by atoms with E-state index in [9.17, 15) is 8.78 Å². The highest BCUT2D eigenvalue weighted by Gasteiger charge is 2.73. The molecule has 1 aromatic rings. The molecule has 1 heterocycles. The molecule has 1 saturated heterocycles. The molecule has 4 unspecified atom stereocenters. The number of piperidine rings is 1. The molecule has 29 heavy (non-hydrogen) atoms. The summed E-state index contributed by atoms with van der Waals surface area (Å²) in [6.07, 6.45) is 5.74. The quantitative estimate of drug-likeness (QED) is 0.596. The number of hydrogen-bond acceptors (Lipinski definition) is 3. The summed E-state index contributed by atoms with van der Waals surface area (Å²) < 4.78 is 29.9. The summed E-state index contributed by atoms with van der Waals surface area (Å²) in [5.74, 6) is 1.49. The third kappa shape index (κ3) is 3.20. The predicted octanol–water partition coefficient (Wildman–Crippen LogP) is 3.80. The molecule has 3 aliphatic carbocycles. The molecule has 5 rings (SSSR count). The first kappa shape index (κ1) is 20.3. The summed E-state index contributed by atoms with van der Waals surface area (Å²) in [5.41, 5.74) is 7.64. The van der Waals surface area contributed by atoms with E-state index in [4.69, 9.17) is 5.73 Å². The summed E-state index contributed by atoms with van der Waals surface area (Å²) >= 11 is 3.37. The Morgan fingerprint density at radius 3 is 2.76 bits per heavy atom. The standard InChI is InChI=1S/C23H32BrF2N3/c24-15-2-1-14(18(25)9-15)10-23(13-27)17(11-29-20-5-8-28-12-19(20)26)16-3-4-21(23)22(16)6-7-22/h1-2,9,16-17,19-21,28-29H,3-8,10-13,27H2/t16?,17?,19-,20+,21?,23?/m1/s1. The van der Waals surface area contributed by atoms with Crippen LogP contribution in [0.25, 0.3) is 0 Å². The Balaban J connectivity index is 1.42. The van der Waals surface area contributed by atoms with E-state index in [-0.39, 0.29) is 17.3 Å². The molecule has 3 saturated carbocycles. The largest absolute Gasteiger partial charge is 0.330 e. The van der Waals surface area contributed by atoms with Crippen molar-refractivity contribution in [3.63, 3.8) is 0 Å². The van der Waals surface area contributed by atoms with Crippen molar-refractivity contribution in [3.05, 3.63) is 34.1 Å². The molecule has 1 aromatic carbocycles. The normalized spacial score (nSPS) is 39.9. The maximum absolute atomic E-state index is 14.8. The molecular weight excluding hydrogens is 436 g/mol. The van der Waals surface area contributed by atoms with Gasteiger partial charge in [0.05, 0.1) is 0 Å². The molecule has 0 amide bonds. The van der Waals surface area contributed by atoms with E-state index < -0.39 is 6.17 Å². The van der Waals surface area contributed by atoms with Crippen molar-refractivity contribution in [3.8, 4) is 0 Å². The lowest BCUT2D eigenvalue weighted by atomic mass is 9.62. The van der Waals surface area contributed by atoms with Crippen LogP contribution in [0.15, 0.2) is 22.7 Å². The zero-order chi connectivity index (χ0) is 20.2. The van der Waals surface area contributed by atoms with E-state index in [0.717, 1.165) is 29.5 Å². The van der Waals surface area contributed by atoms with Crippen molar-refractivity contribution in [1.82, 2.24) is 10.6 Å². The Labute approximate surface area is 180 Å². The summed E-state index contributed by atoms with van der Waals surface area (Å²) in [4.78, 5) is 0. The third-order valence-electron chi connectivity index (χ3n) is 8.87. The molecule has 4 fully saturated rings. The predicted molar refractivity (Wildman–Crippen MR) is 115 cm³/mol. The molecule has 0 aromatic heterocycles. The van der Waals surface area contributed by atoms with E-state index >= 15 is 0 Å². The Hall–Kier alpha value is -0.560. The smallest absolute Gasteiger partial charge is 0.128 e. The number of nitrogens with one attached hydrogen (secondary N) is 2. The lowest BCUT2D eigenvalue weighted by Crippen LogP contribution is -2.53. The van der Waals surface area contributed by atoms with Crippen LogP contribution in [0, 0.1) is 34.4 Å².